The minimum Gasteiger partial charge on any atom is -0.507 e. The average molecular weight is 816 g/mol. The minimum atomic E-state index is 0. The van der Waals surface area contributed by atoms with Crippen molar-refractivity contribution in [2.24, 2.45) is 0 Å². The standard InChI is InChI=1S/C42H26N3OS.Pt/c43-25-32-26-44-38(24-35(32)29-13-5-2-6-14-29)31-22-30-15-7-8-16-33(30)36(23-31)37-20-28(19-27-11-3-1-4-12-27)21-40-41(37)45-42(47-40)34-17-9-10-18-39(34)46;/h1-18,20-22,24,26,46H,19H2;/q-1;. The maximum atomic E-state index is 10.7. The van der Waals surface area contributed by atoms with E-state index in [9.17, 15) is 10.4 Å². The normalized spacial score (nSPS) is 10.9. The van der Waals surface area contributed by atoms with Crippen LogP contribution in [0.2, 0.25) is 0 Å². The third-order valence-electron chi connectivity index (χ3n) is 8.38. The van der Waals surface area contributed by atoms with Crippen molar-refractivity contribution in [3.05, 3.63) is 162 Å². The fourth-order valence-corrected chi connectivity index (χ4v) is 7.21. The van der Waals surface area contributed by atoms with E-state index in [-0.39, 0.29) is 26.8 Å². The smallest absolute Gasteiger partial charge is 0.127 e. The molecular formula is C42H26N3OPtS-. The van der Waals surface area contributed by atoms with Crippen molar-refractivity contribution >= 4 is 32.3 Å². The molecule has 0 saturated carbocycles. The van der Waals surface area contributed by atoms with E-state index in [1.54, 1.807) is 23.6 Å². The molecule has 0 bridgehead atoms. The van der Waals surface area contributed by atoms with Crippen molar-refractivity contribution in [3.63, 3.8) is 0 Å². The van der Waals surface area contributed by atoms with Crippen molar-refractivity contribution in [1.29, 1.82) is 5.26 Å². The summed E-state index contributed by atoms with van der Waals surface area (Å²) in [5.74, 6) is 0.206. The first-order valence-corrected chi connectivity index (χ1v) is 16.1. The van der Waals surface area contributed by atoms with Gasteiger partial charge in [-0.15, -0.1) is 29.0 Å². The molecule has 1 N–H and O–H groups in total. The van der Waals surface area contributed by atoms with Crippen molar-refractivity contribution in [3.8, 4) is 55.9 Å². The van der Waals surface area contributed by atoms with Gasteiger partial charge in [0, 0.05) is 37.7 Å². The summed E-state index contributed by atoms with van der Waals surface area (Å²) in [6.07, 6.45) is 2.42. The van der Waals surface area contributed by atoms with Crippen LogP contribution in [0.5, 0.6) is 5.75 Å². The molecule has 0 aliphatic rings. The quantitative estimate of drug-likeness (QED) is 0.170. The molecule has 8 aromatic rings. The fourth-order valence-electron chi connectivity index (χ4n) is 6.12. The summed E-state index contributed by atoms with van der Waals surface area (Å²) in [6, 6.07) is 50.7. The van der Waals surface area contributed by atoms with Gasteiger partial charge in [0.2, 0.25) is 0 Å². The molecule has 48 heavy (non-hydrogen) atoms. The molecule has 0 amide bonds. The molecule has 8 rings (SSSR count). The predicted molar refractivity (Wildman–Crippen MR) is 191 cm³/mol. The molecule has 232 valence electrons. The van der Waals surface area contributed by atoms with Crippen molar-refractivity contribution in [2.75, 3.05) is 0 Å². The predicted octanol–water partition coefficient (Wildman–Crippen LogP) is 10.5. The van der Waals surface area contributed by atoms with E-state index in [2.05, 4.69) is 66.7 Å². The van der Waals surface area contributed by atoms with E-state index >= 15 is 0 Å². The summed E-state index contributed by atoms with van der Waals surface area (Å²) < 4.78 is 1.04. The number of nitrogens with zero attached hydrogens (tertiary/aromatic N) is 3. The number of aromatic hydroxyl groups is 1. The van der Waals surface area contributed by atoms with E-state index in [1.165, 1.54) is 5.56 Å². The molecule has 0 unspecified atom stereocenters. The Kier molecular flexibility index (Phi) is 8.70. The van der Waals surface area contributed by atoms with Crippen LogP contribution in [0.4, 0.5) is 0 Å². The summed E-state index contributed by atoms with van der Waals surface area (Å²) in [6.45, 7) is 0. The summed E-state index contributed by atoms with van der Waals surface area (Å²) in [5.41, 5.74) is 9.75. The average Bonchev–Trinajstić information content (AvgIpc) is 3.55. The number of aromatic nitrogens is 2. The number of nitriles is 1. The molecule has 0 aliphatic carbocycles. The molecule has 4 nitrogen and oxygen atoms in total. The Morgan fingerprint density at radius 3 is 2.25 bits per heavy atom. The van der Waals surface area contributed by atoms with Crippen molar-refractivity contribution < 1.29 is 26.2 Å². The number of para-hydroxylation sites is 1. The second-order valence-electron chi connectivity index (χ2n) is 11.4. The fraction of sp³-hybridized carbons (Fsp3) is 0.0238. The Hall–Kier alpha value is -5.40. The molecule has 0 fully saturated rings. The van der Waals surface area contributed by atoms with Crippen LogP contribution >= 0.6 is 11.3 Å². The molecule has 0 saturated heterocycles. The number of phenolic OH excluding ortho intramolecular Hbond substituents is 1. The van der Waals surface area contributed by atoms with Gasteiger partial charge in [0.05, 0.1) is 16.6 Å². The van der Waals surface area contributed by atoms with Gasteiger partial charge in [0.1, 0.15) is 16.8 Å². The molecule has 0 aliphatic heterocycles. The summed E-state index contributed by atoms with van der Waals surface area (Å²) >= 11 is 1.58. The first-order valence-electron chi connectivity index (χ1n) is 15.3. The van der Waals surface area contributed by atoms with Crippen molar-refractivity contribution in [1.82, 2.24) is 9.97 Å². The molecule has 6 aromatic carbocycles. The van der Waals surface area contributed by atoms with Crippen LogP contribution in [-0.4, -0.2) is 15.1 Å². The Balaban J connectivity index is 0.00000364. The van der Waals surface area contributed by atoms with Gasteiger partial charge in [0.25, 0.3) is 0 Å². The maximum Gasteiger partial charge on any atom is 0.127 e. The molecular weight excluding hydrogens is 790 g/mol. The van der Waals surface area contributed by atoms with E-state index in [0.29, 0.717) is 11.1 Å². The topological polar surface area (TPSA) is 69.8 Å². The number of rotatable bonds is 6. The number of phenols is 1. The van der Waals surface area contributed by atoms with Gasteiger partial charge in [-0.25, -0.2) is 4.98 Å². The van der Waals surface area contributed by atoms with Gasteiger partial charge in [-0.3, -0.25) is 4.98 Å². The molecule has 0 atom stereocenters. The van der Waals surface area contributed by atoms with E-state index < -0.39 is 0 Å². The number of hydrogen-bond acceptors (Lipinski definition) is 5. The molecule has 0 spiro atoms. The van der Waals surface area contributed by atoms with Crippen LogP contribution < -0.4 is 0 Å². The monoisotopic (exact) mass is 815 g/mol. The number of fused-ring (bicyclic) bond motifs is 2. The zero-order valence-electron chi connectivity index (χ0n) is 25.5. The molecule has 2 aromatic heterocycles. The van der Waals surface area contributed by atoms with E-state index in [4.69, 9.17) is 9.97 Å². The largest absolute Gasteiger partial charge is 0.507 e. The van der Waals surface area contributed by atoms with Gasteiger partial charge in [-0.1, -0.05) is 131 Å². The SMILES string of the molecule is N#Cc1cnc(-c2[c-]c(-c3cc(Cc4ccccc4)cc4sc(-c5ccccc5O)nc34)c3ccccc3c2)cc1-c1ccccc1.[Pt]. The van der Waals surface area contributed by atoms with E-state index in [0.717, 1.165) is 71.5 Å². The molecule has 2 heterocycles. The Bertz CT molecular complexity index is 2470. The Morgan fingerprint density at radius 2 is 1.46 bits per heavy atom. The van der Waals surface area contributed by atoms with Crippen LogP contribution in [-0.2, 0) is 27.5 Å². The maximum absolute atomic E-state index is 10.7. The summed E-state index contributed by atoms with van der Waals surface area (Å²) in [4.78, 5) is 9.88. The van der Waals surface area contributed by atoms with Crippen LogP contribution in [0.25, 0.3) is 65.1 Å². The second kappa shape index (κ2) is 13.4. The van der Waals surface area contributed by atoms with Crippen molar-refractivity contribution in [2.45, 2.75) is 6.42 Å². The second-order valence-corrected chi connectivity index (χ2v) is 12.5. The van der Waals surface area contributed by atoms with Gasteiger partial charge >= 0.3 is 0 Å². The third-order valence-corrected chi connectivity index (χ3v) is 9.42. The zero-order chi connectivity index (χ0) is 31.7. The van der Waals surface area contributed by atoms with Gasteiger partial charge in [-0.05, 0) is 46.9 Å². The summed E-state index contributed by atoms with van der Waals surface area (Å²) in [5, 5.41) is 23.5. The first kappa shape index (κ1) is 31.2. The number of hydrogen-bond donors (Lipinski definition) is 1. The first-order chi connectivity index (χ1) is 23.1. The number of benzene rings is 6. The third kappa shape index (κ3) is 5.93. The van der Waals surface area contributed by atoms with Gasteiger partial charge in [0.15, 0.2) is 0 Å². The number of thiazole rings is 1. The van der Waals surface area contributed by atoms with E-state index in [1.807, 2.05) is 72.8 Å². The minimum absolute atomic E-state index is 0. The molecule has 0 radical (unpaired) electrons. The summed E-state index contributed by atoms with van der Waals surface area (Å²) in [7, 11) is 0. The van der Waals surface area contributed by atoms with Crippen LogP contribution in [0.3, 0.4) is 0 Å². The van der Waals surface area contributed by atoms with Crippen LogP contribution in [0, 0.1) is 17.4 Å². The van der Waals surface area contributed by atoms with Crippen LogP contribution in [0.1, 0.15) is 16.7 Å². The van der Waals surface area contributed by atoms with Gasteiger partial charge in [-0.2, -0.15) is 5.26 Å². The Morgan fingerprint density at radius 1 is 0.729 bits per heavy atom. The Labute approximate surface area is 296 Å². The van der Waals surface area contributed by atoms with Gasteiger partial charge < -0.3 is 5.11 Å². The molecule has 6 heteroatoms. The number of pyridine rings is 1. The van der Waals surface area contributed by atoms with Crippen LogP contribution in [0.15, 0.2) is 140 Å². The zero-order valence-corrected chi connectivity index (χ0v) is 28.6.